The van der Waals surface area contributed by atoms with Crippen molar-refractivity contribution in [2.45, 2.75) is 25.7 Å². The van der Waals surface area contributed by atoms with Crippen LogP contribution < -0.4 is 0 Å². The van der Waals surface area contributed by atoms with Crippen molar-refractivity contribution in [1.29, 1.82) is 0 Å². The Morgan fingerprint density at radius 3 is 2.88 bits per heavy atom. The molecular weight excluding hydrogens is 214 g/mol. The summed E-state index contributed by atoms with van der Waals surface area (Å²) >= 11 is 0. The number of carbonyl (C=O) groups is 1. The van der Waals surface area contributed by atoms with Gasteiger partial charge in [0.2, 0.25) is 0 Å². The molecule has 3 heteroatoms. The topological polar surface area (TPSA) is 29.5 Å². The smallest absolute Gasteiger partial charge is 0.409 e. The third kappa shape index (κ3) is 2.99. The molecule has 92 valence electrons. The minimum Gasteiger partial charge on any atom is -0.450 e. The minimum absolute atomic E-state index is 0.173. The summed E-state index contributed by atoms with van der Waals surface area (Å²) in [5, 5.41) is 0. The second-order valence-electron chi connectivity index (χ2n) is 4.39. The van der Waals surface area contributed by atoms with Crippen molar-refractivity contribution < 1.29 is 9.53 Å². The Morgan fingerprint density at radius 1 is 1.41 bits per heavy atom. The number of benzene rings is 1. The summed E-state index contributed by atoms with van der Waals surface area (Å²) < 4.78 is 5.05. The summed E-state index contributed by atoms with van der Waals surface area (Å²) in [6.07, 6.45) is 2.03. The normalized spacial score (nSPS) is 20.1. The Bertz CT molecular complexity index is 364. The summed E-state index contributed by atoms with van der Waals surface area (Å²) in [5.74, 6) is 0.453. The number of ether oxygens (including phenoxy) is 1. The van der Waals surface area contributed by atoms with Crippen LogP contribution in [0.2, 0.25) is 0 Å². The first kappa shape index (κ1) is 12.0. The molecule has 1 heterocycles. The molecule has 0 aromatic heterocycles. The number of rotatable bonds is 2. The number of amides is 1. The van der Waals surface area contributed by atoms with Crippen LogP contribution in [0.25, 0.3) is 0 Å². The van der Waals surface area contributed by atoms with Crippen LogP contribution in [-0.4, -0.2) is 30.7 Å². The molecule has 1 aromatic carbocycles. The molecule has 1 fully saturated rings. The van der Waals surface area contributed by atoms with Crippen LogP contribution >= 0.6 is 0 Å². The van der Waals surface area contributed by atoms with Crippen LogP contribution in [0.3, 0.4) is 0 Å². The number of piperidine rings is 1. The van der Waals surface area contributed by atoms with E-state index in [1.54, 1.807) is 0 Å². The van der Waals surface area contributed by atoms with Gasteiger partial charge in [-0.3, -0.25) is 0 Å². The first-order valence-corrected chi connectivity index (χ1v) is 6.28. The summed E-state index contributed by atoms with van der Waals surface area (Å²) in [6, 6.07) is 10.4. The second kappa shape index (κ2) is 5.71. The van der Waals surface area contributed by atoms with Crippen LogP contribution in [0.15, 0.2) is 30.3 Å². The van der Waals surface area contributed by atoms with Crippen molar-refractivity contribution in [1.82, 2.24) is 4.90 Å². The van der Waals surface area contributed by atoms with Gasteiger partial charge in [-0.15, -0.1) is 0 Å². The Morgan fingerprint density at radius 2 is 2.18 bits per heavy atom. The molecule has 0 aliphatic carbocycles. The predicted octanol–water partition coefficient (Wildman–Crippen LogP) is 3.02. The van der Waals surface area contributed by atoms with Gasteiger partial charge in [0.1, 0.15) is 0 Å². The first-order valence-electron chi connectivity index (χ1n) is 6.28. The summed E-state index contributed by atoms with van der Waals surface area (Å²) in [4.78, 5) is 13.5. The van der Waals surface area contributed by atoms with Crippen LogP contribution in [0.5, 0.6) is 0 Å². The van der Waals surface area contributed by atoms with E-state index < -0.39 is 0 Å². The van der Waals surface area contributed by atoms with E-state index in [1.807, 2.05) is 17.9 Å². The van der Waals surface area contributed by atoms with Crippen molar-refractivity contribution >= 4 is 6.09 Å². The van der Waals surface area contributed by atoms with Crippen LogP contribution in [-0.2, 0) is 4.74 Å². The Labute approximate surface area is 102 Å². The lowest BCUT2D eigenvalue weighted by Crippen LogP contribution is -2.39. The molecular formula is C14H19NO2. The molecule has 1 aromatic rings. The van der Waals surface area contributed by atoms with Gasteiger partial charge in [0, 0.05) is 19.0 Å². The highest BCUT2D eigenvalue weighted by atomic mass is 16.6. The van der Waals surface area contributed by atoms with E-state index in [4.69, 9.17) is 4.74 Å². The molecule has 0 radical (unpaired) electrons. The number of likely N-dealkylation sites (tertiary alicyclic amines) is 1. The quantitative estimate of drug-likeness (QED) is 0.785. The van der Waals surface area contributed by atoms with E-state index in [9.17, 15) is 4.79 Å². The van der Waals surface area contributed by atoms with Gasteiger partial charge in [0.15, 0.2) is 0 Å². The van der Waals surface area contributed by atoms with Crippen molar-refractivity contribution in [3.05, 3.63) is 35.9 Å². The fraction of sp³-hybridized carbons (Fsp3) is 0.500. The Kier molecular flexibility index (Phi) is 4.02. The largest absolute Gasteiger partial charge is 0.450 e. The SMILES string of the molecule is CCOC(=O)N1CCCC(c2ccccc2)C1. The third-order valence-electron chi connectivity index (χ3n) is 3.22. The molecule has 2 rings (SSSR count). The molecule has 3 nitrogen and oxygen atoms in total. The molecule has 1 aliphatic rings. The maximum Gasteiger partial charge on any atom is 0.409 e. The molecule has 0 spiro atoms. The van der Waals surface area contributed by atoms with Gasteiger partial charge in [0.25, 0.3) is 0 Å². The van der Waals surface area contributed by atoms with Gasteiger partial charge in [-0.05, 0) is 25.3 Å². The van der Waals surface area contributed by atoms with E-state index >= 15 is 0 Å². The lowest BCUT2D eigenvalue weighted by molar-refractivity contribution is 0.0958. The van der Waals surface area contributed by atoms with Gasteiger partial charge in [-0.25, -0.2) is 4.79 Å². The highest BCUT2D eigenvalue weighted by Crippen LogP contribution is 2.26. The monoisotopic (exact) mass is 233 g/mol. The number of hydrogen-bond donors (Lipinski definition) is 0. The van der Waals surface area contributed by atoms with Gasteiger partial charge < -0.3 is 9.64 Å². The van der Waals surface area contributed by atoms with E-state index in [-0.39, 0.29) is 6.09 Å². The predicted molar refractivity (Wildman–Crippen MR) is 67.0 cm³/mol. The van der Waals surface area contributed by atoms with E-state index in [0.717, 1.165) is 25.9 Å². The van der Waals surface area contributed by atoms with Crippen molar-refractivity contribution in [3.63, 3.8) is 0 Å². The van der Waals surface area contributed by atoms with E-state index in [2.05, 4.69) is 24.3 Å². The lowest BCUT2D eigenvalue weighted by Gasteiger charge is -2.32. The van der Waals surface area contributed by atoms with Crippen molar-refractivity contribution in [2.75, 3.05) is 19.7 Å². The maximum absolute atomic E-state index is 11.7. The Hall–Kier alpha value is -1.51. The van der Waals surface area contributed by atoms with Crippen LogP contribution in [0.4, 0.5) is 4.79 Å². The first-order chi connectivity index (χ1) is 8.31. The fourth-order valence-electron chi connectivity index (χ4n) is 2.36. The zero-order chi connectivity index (χ0) is 12.1. The third-order valence-corrected chi connectivity index (χ3v) is 3.22. The molecule has 1 amide bonds. The average Bonchev–Trinajstić information content (AvgIpc) is 2.40. The van der Waals surface area contributed by atoms with E-state index in [0.29, 0.717) is 12.5 Å². The average molecular weight is 233 g/mol. The highest BCUT2D eigenvalue weighted by Gasteiger charge is 2.25. The standard InChI is InChI=1S/C14H19NO2/c1-2-17-14(16)15-10-6-9-13(11-15)12-7-4-3-5-8-12/h3-5,7-8,13H,2,6,9-11H2,1H3. The van der Waals surface area contributed by atoms with E-state index in [1.165, 1.54) is 5.56 Å². The van der Waals surface area contributed by atoms with Gasteiger partial charge in [0.05, 0.1) is 6.61 Å². The number of carbonyl (C=O) groups excluding carboxylic acids is 1. The fourth-order valence-corrected chi connectivity index (χ4v) is 2.36. The minimum atomic E-state index is -0.173. The molecule has 0 bridgehead atoms. The molecule has 0 N–H and O–H groups in total. The summed E-state index contributed by atoms with van der Waals surface area (Å²) in [5.41, 5.74) is 1.32. The zero-order valence-corrected chi connectivity index (χ0v) is 10.3. The lowest BCUT2D eigenvalue weighted by atomic mass is 9.91. The number of hydrogen-bond acceptors (Lipinski definition) is 2. The summed E-state index contributed by atoms with van der Waals surface area (Å²) in [7, 11) is 0. The van der Waals surface area contributed by atoms with Gasteiger partial charge in [-0.1, -0.05) is 30.3 Å². The number of nitrogens with zero attached hydrogens (tertiary/aromatic N) is 1. The molecule has 1 aliphatic heterocycles. The van der Waals surface area contributed by atoms with Gasteiger partial charge >= 0.3 is 6.09 Å². The van der Waals surface area contributed by atoms with Gasteiger partial charge in [-0.2, -0.15) is 0 Å². The molecule has 0 saturated carbocycles. The maximum atomic E-state index is 11.7. The molecule has 1 unspecified atom stereocenters. The Balaban J connectivity index is 2.00. The van der Waals surface area contributed by atoms with Crippen LogP contribution in [0, 0.1) is 0 Å². The zero-order valence-electron chi connectivity index (χ0n) is 10.3. The van der Waals surface area contributed by atoms with Crippen LogP contribution in [0.1, 0.15) is 31.2 Å². The highest BCUT2D eigenvalue weighted by molar-refractivity contribution is 5.67. The molecule has 1 atom stereocenters. The van der Waals surface area contributed by atoms with Crippen molar-refractivity contribution in [3.8, 4) is 0 Å². The second-order valence-corrected chi connectivity index (χ2v) is 4.39. The molecule has 1 saturated heterocycles. The van der Waals surface area contributed by atoms with Crippen molar-refractivity contribution in [2.24, 2.45) is 0 Å². The molecule has 17 heavy (non-hydrogen) atoms. The summed E-state index contributed by atoms with van der Waals surface area (Å²) in [6.45, 7) is 3.90.